The third-order valence-corrected chi connectivity index (χ3v) is 6.17. The van der Waals surface area contributed by atoms with Crippen molar-refractivity contribution < 1.29 is 9.53 Å². The number of aryl methyl sites for hydroxylation is 1. The molecule has 0 atom stereocenters. The summed E-state index contributed by atoms with van der Waals surface area (Å²) in [5, 5.41) is 6.89. The Balaban J connectivity index is 1.67. The van der Waals surface area contributed by atoms with Gasteiger partial charge in [-0.2, -0.15) is 5.10 Å². The fraction of sp³-hybridized carbons (Fsp3) is 0.231. The normalized spacial score (nSPS) is 11.6. The summed E-state index contributed by atoms with van der Waals surface area (Å²) in [6.07, 6.45) is 0.200. The maximum Gasteiger partial charge on any atom is 0.317 e. The number of rotatable bonds is 5. The molecule has 0 N–H and O–H groups in total. The molecule has 0 aliphatic carbocycles. The number of hydrogen-bond acceptors (Lipinski definition) is 4. The van der Waals surface area contributed by atoms with Crippen molar-refractivity contribution in [3.05, 3.63) is 84.1 Å². The van der Waals surface area contributed by atoms with Crippen molar-refractivity contribution in [2.75, 3.05) is 0 Å². The number of fused-ring (bicyclic) bond motifs is 1. The van der Waals surface area contributed by atoms with Crippen molar-refractivity contribution in [3.8, 4) is 5.88 Å². The van der Waals surface area contributed by atoms with Gasteiger partial charge in [-0.05, 0) is 56.2 Å². The zero-order chi connectivity index (χ0) is 22.0. The Kier molecular flexibility index (Phi) is 5.88. The van der Waals surface area contributed by atoms with Crippen molar-refractivity contribution in [1.82, 2.24) is 9.78 Å². The van der Waals surface area contributed by atoms with Crippen LogP contribution in [-0.2, 0) is 16.8 Å². The molecule has 4 rings (SSSR count). The van der Waals surface area contributed by atoms with E-state index in [9.17, 15) is 4.79 Å². The predicted molar refractivity (Wildman–Crippen MR) is 126 cm³/mol. The zero-order valence-electron chi connectivity index (χ0n) is 18.3. The lowest BCUT2D eigenvalue weighted by molar-refractivity contribution is -0.134. The molecule has 3 aromatic carbocycles. The Labute approximate surface area is 187 Å². The van der Waals surface area contributed by atoms with E-state index in [2.05, 4.69) is 32.9 Å². The van der Waals surface area contributed by atoms with E-state index in [1.807, 2.05) is 72.3 Å². The van der Waals surface area contributed by atoms with Crippen LogP contribution in [0, 0.1) is 6.92 Å². The fourth-order valence-corrected chi connectivity index (χ4v) is 4.44. The highest BCUT2D eigenvalue weighted by molar-refractivity contribution is 7.99. The van der Waals surface area contributed by atoms with Crippen LogP contribution in [-0.4, -0.2) is 15.7 Å². The predicted octanol–water partition coefficient (Wildman–Crippen LogP) is 6.40. The topological polar surface area (TPSA) is 44.1 Å². The van der Waals surface area contributed by atoms with Crippen LogP contribution in [0.1, 0.15) is 32.0 Å². The van der Waals surface area contributed by atoms with Crippen molar-refractivity contribution in [2.45, 2.75) is 49.4 Å². The molecule has 158 valence electrons. The Morgan fingerprint density at radius 1 is 0.968 bits per heavy atom. The lowest BCUT2D eigenvalue weighted by Gasteiger charge is -2.22. The first-order valence-electron chi connectivity index (χ1n) is 10.3. The molecule has 0 aliphatic heterocycles. The van der Waals surface area contributed by atoms with Gasteiger partial charge in [-0.15, -0.1) is 0 Å². The average Bonchev–Trinajstić information content (AvgIpc) is 3.05. The van der Waals surface area contributed by atoms with E-state index in [4.69, 9.17) is 9.84 Å². The van der Waals surface area contributed by atoms with Crippen molar-refractivity contribution >= 4 is 28.5 Å². The summed E-state index contributed by atoms with van der Waals surface area (Å²) >= 11 is 1.57. The van der Waals surface area contributed by atoms with Crippen LogP contribution >= 0.6 is 11.8 Å². The second-order valence-electron chi connectivity index (χ2n) is 8.51. The van der Waals surface area contributed by atoms with Gasteiger partial charge in [0.2, 0.25) is 5.88 Å². The molecule has 0 unspecified atom stereocenters. The molecular formula is C26H26N2O2S. The quantitative estimate of drug-likeness (QED) is 0.344. The average molecular weight is 431 g/mol. The number of esters is 1. The summed E-state index contributed by atoms with van der Waals surface area (Å²) in [4.78, 5) is 15.0. The molecule has 31 heavy (non-hydrogen) atoms. The van der Waals surface area contributed by atoms with Gasteiger partial charge in [-0.3, -0.25) is 4.79 Å². The molecule has 1 aromatic heterocycles. The van der Waals surface area contributed by atoms with Crippen LogP contribution in [0.3, 0.4) is 0 Å². The van der Waals surface area contributed by atoms with E-state index in [-0.39, 0.29) is 17.9 Å². The van der Waals surface area contributed by atoms with Gasteiger partial charge >= 0.3 is 5.97 Å². The van der Waals surface area contributed by atoms with Crippen LogP contribution in [0.4, 0.5) is 0 Å². The van der Waals surface area contributed by atoms with Crippen molar-refractivity contribution in [3.63, 3.8) is 0 Å². The van der Waals surface area contributed by atoms with E-state index >= 15 is 0 Å². The number of ether oxygens (including phenoxy) is 1. The molecule has 4 nitrogen and oxygen atoms in total. The first kappa shape index (κ1) is 21.2. The van der Waals surface area contributed by atoms with Crippen LogP contribution in [0.5, 0.6) is 5.88 Å². The monoisotopic (exact) mass is 430 g/mol. The van der Waals surface area contributed by atoms with Gasteiger partial charge < -0.3 is 4.74 Å². The second kappa shape index (κ2) is 8.60. The molecule has 5 heteroatoms. The van der Waals surface area contributed by atoms with Crippen LogP contribution in [0.15, 0.2) is 82.6 Å². The molecule has 0 saturated heterocycles. The fourth-order valence-electron chi connectivity index (χ4n) is 3.51. The van der Waals surface area contributed by atoms with Crippen LogP contribution in [0.25, 0.3) is 10.8 Å². The summed E-state index contributed by atoms with van der Waals surface area (Å²) in [6, 6.07) is 24.2. The highest BCUT2D eigenvalue weighted by Crippen LogP contribution is 2.40. The first-order valence-corrected chi connectivity index (χ1v) is 11.1. The molecule has 4 aromatic rings. The van der Waals surface area contributed by atoms with Crippen molar-refractivity contribution in [1.29, 1.82) is 0 Å². The largest absolute Gasteiger partial charge is 0.406 e. The van der Waals surface area contributed by atoms with E-state index in [1.165, 1.54) is 0 Å². The van der Waals surface area contributed by atoms with Crippen LogP contribution < -0.4 is 4.74 Å². The second-order valence-corrected chi connectivity index (χ2v) is 9.59. The number of carbonyl (C=O) groups excluding carboxylic acids is 1. The van der Waals surface area contributed by atoms with Gasteiger partial charge in [-0.25, -0.2) is 4.68 Å². The third-order valence-electron chi connectivity index (χ3n) is 4.99. The maximum absolute atomic E-state index is 13.0. The Morgan fingerprint density at radius 2 is 1.65 bits per heavy atom. The summed E-state index contributed by atoms with van der Waals surface area (Å²) in [7, 11) is 0. The molecule has 0 aliphatic rings. The van der Waals surface area contributed by atoms with E-state index in [1.54, 1.807) is 11.8 Å². The van der Waals surface area contributed by atoms with Gasteiger partial charge in [0.15, 0.2) is 0 Å². The number of aromatic nitrogens is 2. The zero-order valence-corrected chi connectivity index (χ0v) is 19.1. The number of hydrogen-bond donors (Lipinski definition) is 0. The summed E-state index contributed by atoms with van der Waals surface area (Å²) < 4.78 is 7.80. The summed E-state index contributed by atoms with van der Waals surface area (Å²) in [5.41, 5.74) is 1.48. The molecule has 0 radical (unpaired) electrons. The highest BCUT2D eigenvalue weighted by atomic mass is 32.2. The van der Waals surface area contributed by atoms with E-state index in [0.29, 0.717) is 5.88 Å². The minimum atomic E-state index is -0.324. The molecule has 0 fully saturated rings. The van der Waals surface area contributed by atoms with E-state index < -0.39 is 0 Å². The molecule has 0 bridgehead atoms. The SMILES string of the molecule is Cc1nn(C(C)(C)C)c(OC(=O)Cc2cccc3ccccc23)c1Sc1ccccc1. The minimum Gasteiger partial charge on any atom is -0.406 e. The molecule has 0 amide bonds. The lowest BCUT2D eigenvalue weighted by atomic mass is 10.0. The standard InChI is InChI=1S/C26H26N2O2S/c1-18-24(31-21-14-6-5-7-15-21)25(28(27-18)26(2,3)4)30-23(29)17-20-13-10-12-19-11-8-9-16-22(19)20/h5-16H,17H2,1-4H3. The van der Waals surface area contributed by atoms with Gasteiger partial charge in [0.05, 0.1) is 22.5 Å². The first-order chi connectivity index (χ1) is 14.8. The molecule has 0 spiro atoms. The van der Waals surface area contributed by atoms with Crippen LogP contribution in [0.2, 0.25) is 0 Å². The smallest absolute Gasteiger partial charge is 0.317 e. The van der Waals surface area contributed by atoms with E-state index in [0.717, 1.165) is 31.8 Å². The third kappa shape index (κ3) is 4.67. The number of carbonyl (C=O) groups is 1. The summed E-state index contributed by atoms with van der Waals surface area (Å²) in [6.45, 7) is 8.12. The van der Waals surface area contributed by atoms with Gasteiger partial charge in [-0.1, -0.05) is 72.4 Å². The van der Waals surface area contributed by atoms with Crippen molar-refractivity contribution in [2.24, 2.45) is 0 Å². The van der Waals surface area contributed by atoms with Gasteiger partial charge in [0, 0.05) is 4.90 Å². The Morgan fingerprint density at radius 3 is 2.39 bits per heavy atom. The Bertz CT molecular complexity index is 1220. The number of nitrogens with zero attached hydrogens (tertiary/aromatic N) is 2. The molecule has 0 saturated carbocycles. The van der Waals surface area contributed by atoms with Gasteiger partial charge in [0.1, 0.15) is 0 Å². The summed E-state index contributed by atoms with van der Waals surface area (Å²) in [5.74, 6) is 0.209. The Hall–Kier alpha value is -3.05. The van der Waals surface area contributed by atoms with Gasteiger partial charge in [0.25, 0.3) is 0 Å². The minimum absolute atomic E-state index is 0.200. The lowest BCUT2D eigenvalue weighted by Crippen LogP contribution is -2.26. The maximum atomic E-state index is 13.0. The number of benzene rings is 3. The molecule has 1 heterocycles. The molecular weight excluding hydrogens is 404 g/mol. The highest BCUT2D eigenvalue weighted by Gasteiger charge is 2.27.